The number of aliphatic hydroxyl groups is 1. The molecule has 2 aromatic heterocycles. The van der Waals surface area contributed by atoms with Crippen LogP contribution in [-0.4, -0.2) is 76.0 Å². The lowest BCUT2D eigenvalue weighted by atomic mass is 9.92. The summed E-state index contributed by atoms with van der Waals surface area (Å²) in [5.74, 6) is 0. The van der Waals surface area contributed by atoms with E-state index >= 15 is 0 Å². The van der Waals surface area contributed by atoms with Crippen molar-refractivity contribution >= 4 is 16.7 Å². The molecule has 5 rings (SSSR count). The minimum Gasteiger partial charge on any atom is -0.388 e. The van der Waals surface area contributed by atoms with Crippen LogP contribution in [0.4, 0.5) is 5.69 Å². The van der Waals surface area contributed by atoms with Gasteiger partial charge in [-0.3, -0.25) is 9.36 Å². The quantitative estimate of drug-likeness (QED) is 0.655. The van der Waals surface area contributed by atoms with E-state index in [0.717, 1.165) is 45.0 Å². The van der Waals surface area contributed by atoms with Gasteiger partial charge in [-0.2, -0.15) is 0 Å². The van der Waals surface area contributed by atoms with Gasteiger partial charge in [0.15, 0.2) is 5.65 Å². The molecule has 0 radical (unpaired) electrons. The van der Waals surface area contributed by atoms with Crippen LogP contribution in [0.1, 0.15) is 12.8 Å². The van der Waals surface area contributed by atoms with Crippen LogP contribution in [0, 0.1) is 0 Å². The first kappa shape index (κ1) is 20.2. The number of benzene rings is 1. The normalized spacial score (nSPS) is 19.7. The Bertz CT molecular complexity index is 1120. The Balaban J connectivity index is 1.45. The summed E-state index contributed by atoms with van der Waals surface area (Å²) >= 11 is 0. The van der Waals surface area contributed by atoms with Gasteiger partial charge in [-0.25, -0.2) is 4.98 Å². The molecule has 8 heteroatoms. The SMILES string of the molecule is CN1CCN(c2cccc(-n3ccc4c(=O)n(CC5(O)CCNCC5)cnc43)c2)CC1. The first-order valence-corrected chi connectivity index (χ1v) is 11.1. The standard InChI is InChI=1S/C23H30N6O2/c1-26-11-13-27(14-12-26)18-3-2-4-19(15-18)29-10-5-20-21(29)25-17-28(22(20)30)16-23(31)6-8-24-9-7-23/h2-5,10,15,17,24,31H,6-9,11-14,16H2,1H3. The molecule has 1 aromatic carbocycles. The van der Waals surface area contributed by atoms with Gasteiger partial charge in [-0.1, -0.05) is 6.07 Å². The molecule has 2 saturated heterocycles. The number of likely N-dealkylation sites (N-methyl/N-ethyl adjacent to an activating group) is 1. The molecule has 2 aliphatic rings. The van der Waals surface area contributed by atoms with Gasteiger partial charge >= 0.3 is 0 Å². The van der Waals surface area contributed by atoms with Crippen molar-refractivity contribution in [2.24, 2.45) is 0 Å². The maximum atomic E-state index is 13.1. The second-order valence-corrected chi connectivity index (χ2v) is 8.89. The van der Waals surface area contributed by atoms with Crippen molar-refractivity contribution in [3.05, 3.63) is 53.2 Å². The van der Waals surface area contributed by atoms with Gasteiger partial charge in [0.25, 0.3) is 5.56 Å². The van der Waals surface area contributed by atoms with E-state index in [1.54, 1.807) is 10.9 Å². The molecule has 0 unspecified atom stereocenters. The molecule has 4 heterocycles. The zero-order chi connectivity index (χ0) is 21.4. The smallest absolute Gasteiger partial charge is 0.262 e. The molecule has 2 aliphatic heterocycles. The molecule has 2 N–H and O–H groups in total. The summed E-state index contributed by atoms with van der Waals surface area (Å²) in [4.78, 5) is 22.5. The van der Waals surface area contributed by atoms with Gasteiger partial charge in [0.1, 0.15) is 6.33 Å². The van der Waals surface area contributed by atoms with Crippen molar-refractivity contribution in [1.29, 1.82) is 0 Å². The average molecular weight is 423 g/mol. The van der Waals surface area contributed by atoms with Crippen LogP contribution in [0.15, 0.2) is 47.7 Å². The van der Waals surface area contributed by atoms with E-state index in [9.17, 15) is 9.90 Å². The van der Waals surface area contributed by atoms with E-state index in [-0.39, 0.29) is 12.1 Å². The molecule has 2 fully saturated rings. The Morgan fingerprint density at radius 3 is 2.61 bits per heavy atom. The zero-order valence-electron chi connectivity index (χ0n) is 18.0. The summed E-state index contributed by atoms with van der Waals surface area (Å²) in [5, 5.41) is 14.7. The molecule has 164 valence electrons. The highest BCUT2D eigenvalue weighted by molar-refractivity contribution is 5.77. The van der Waals surface area contributed by atoms with Crippen molar-refractivity contribution in [3.8, 4) is 5.69 Å². The topological polar surface area (TPSA) is 78.6 Å². The summed E-state index contributed by atoms with van der Waals surface area (Å²) in [6, 6.07) is 10.2. The van der Waals surface area contributed by atoms with Gasteiger partial charge in [-0.15, -0.1) is 0 Å². The number of nitrogens with zero attached hydrogens (tertiary/aromatic N) is 5. The first-order valence-electron chi connectivity index (χ1n) is 11.1. The maximum absolute atomic E-state index is 13.1. The molecule has 0 spiro atoms. The molecule has 0 aliphatic carbocycles. The van der Waals surface area contributed by atoms with Crippen molar-refractivity contribution in [3.63, 3.8) is 0 Å². The predicted octanol–water partition coefficient (Wildman–Crippen LogP) is 1.05. The van der Waals surface area contributed by atoms with Crippen LogP contribution in [0.25, 0.3) is 16.7 Å². The Kier molecular flexibility index (Phi) is 5.29. The molecule has 31 heavy (non-hydrogen) atoms. The van der Waals surface area contributed by atoms with E-state index in [2.05, 4.69) is 45.3 Å². The number of anilines is 1. The molecule has 0 amide bonds. The minimum absolute atomic E-state index is 0.106. The van der Waals surface area contributed by atoms with Gasteiger partial charge in [0.2, 0.25) is 0 Å². The zero-order valence-corrected chi connectivity index (χ0v) is 18.0. The summed E-state index contributed by atoms with van der Waals surface area (Å²) in [5.41, 5.74) is 1.87. The summed E-state index contributed by atoms with van der Waals surface area (Å²) in [7, 11) is 2.15. The number of aromatic nitrogens is 3. The Labute approximate surface area is 181 Å². The second-order valence-electron chi connectivity index (χ2n) is 8.89. The molecule has 0 atom stereocenters. The van der Waals surface area contributed by atoms with E-state index in [1.165, 1.54) is 5.69 Å². The van der Waals surface area contributed by atoms with E-state index in [1.807, 2.05) is 22.9 Å². The Hall–Kier alpha value is -2.68. The fourth-order valence-electron chi connectivity index (χ4n) is 4.65. The predicted molar refractivity (Wildman–Crippen MR) is 122 cm³/mol. The van der Waals surface area contributed by atoms with Crippen LogP contribution < -0.4 is 15.8 Å². The number of fused-ring (bicyclic) bond motifs is 1. The van der Waals surface area contributed by atoms with Crippen molar-refractivity contribution < 1.29 is 5.11 Å². The van der Waals surface area contributed by atoms with Crippen LogP contribution >= 0.6 is 0 Å². The van der Waals surface area contributed by atoms with E-state index < -0.39 is 5.60 Å². The largest absolute Gasteiger partial charge is 0.388 e. The number of nitrogens with one attached hydrogen (secondary N) is 1. The lowest BCUT2D eigenvalue weighted by Crippen LogP contribution is -2.46. The third-order valence-electron chi connectivity index (χ3n) is 6.65. The van der Waals surface area contributed by atoms with Crippen molar-refractivity contribution in [2.45, 2.75) is 25.0 Å². The lowest BCUT2D eigenvalue weighted by Gasteiger charge is -2.34. The molecule has 0 saturated carbocycles. The molecular weight excluding hydrogens is 392 g/mol. The Morgan fingerprint density at radius 2 is 1.84 bits per heavy atom. The minimum atomic E-state index is -0.857. The van der Waals surface area contributed by atoms with Crippen LogP contribution in [0.3, 0.4) is 0 Å². The van der Waals surface area contributed by atoms with Crippen molar-refractivity contribution in [2.75, 3.05) is 51.2 Å². The van der Waals surface area contributed by atoms with Crippen molar-refractivity contribution in [1.82, 2.24) is 24.3 Å². The number of piperidine rings is 1. The highest BCUT2D eigenvalue weighted by Gasteiger charge is 2.30. The Morgan fingerprint density at radius 1 is 1.10 bits per heavy atom. The molecular formula is C23H30N6O2. The van der Waals surface area contributed by atoms with E-state index in [4.69, 9.17) is 0 Å². The van der Waals surface area contributed by atoms with Gasteiger partial charge in [0.05, 0.1) is 17.5 Å². The molecule has 0 bridgehead atoms. The number of rotatable bonds is 4. The van der Waals surface area contributed by atoms with Crippen LogP contribution in [0.2, 0.25) is 0 Å². The third-order valence-corrected chi connectivity index (χ3v) is 6.65. The fourth-order valence-corrected chi connectivity index (χ4v) is 4.65. The van der Waals surface area contributed by atoms with E-state index in [0.29, 0.717) is 23.9 Å². The van der Waals surface area contributed by atoms with Gasteiger partial charge < -0.3 is 24.8 Å². The molecule has 3 aromatic rings. The number of hydrogen-bond donors (Lipinski definition) is 2. The maximum Gasteiger partial charge on any atom is 0.262 e. The summed E-state index contributed by atoms with van der Waals surface area (Å²) in [6.45, 7) is 5.93. The second kappa shape index (κ2) is 8.11. The highest BCUT2D eigenvalue weighted by Crippen LogP contribution is 2.24. The van der Waals surface area contributed by atoms with Crippen LogP contribution in [0.5, 0.6) is 0 Å². The summed E-state index contributed by atoms with van der Waals surface area (Å²) < 4.78 is 3.53. The monoisotopic (exact) mass is 422 g/mol. The highest BCUT2D eigenvalue weighted by atomic mass is 16.3. The average Bonchev–Trinajstić information content (AvgIpc) is 3.22. The number of piperazine rings is 1. The summed E-state index contributed by atoms with van der Waals surface area (Å²) in [6.07, 6.45) is 4.76. The fraction of sp³-hybridized carbons (Fsp3) is 0.478. The van der Waals surface area contributed by atoms with Crippen LogP contribution in [-0.2, 0) is 6.54 Å². The number of hydrogen-bond acceptors (Lipinski definition) is 6. The first-order chi connectivity index (χ1) is 15.0. The molecule has 8 nitrogen and oxygen atoms in total. The van der Waals surface area contributed by atoms with Gasteiger partial charge in [-0.05, 0) is 57.2 Å². The van der Waals surface area contributed by atoms with Gasteiger partial charge in [0, 0.05) is 43.8 Å². The third kappa shape index (κ3) is 3.98. The lowest BCUT2D eigenvalue weighted by molar-refractivity contribution is -0.00627.